The summed E-state index contributed by atoms with van der Waals surface area (Å²) < 4.78 is 33.7. The summed E-state index contributed by atoms with van der Waals surface area (Å²) in [5.41, 5.74) is 2.14. The van der Waals surface area contributed by atoms with Crippen molar-refractivity contribution < 1.29 is 27.6 Å². The molecule has 5 nitrogen and oxygen atoms in total. The lowest BCUT2D eigenvalue weighted by Crippen LogP contribution is -2.24. The van der Waals surface area contributed by atoms with Gasteiger partial charge in [0.2, 0.25) is 0 Å². The van der Waals surface area contributed by atoms with E-state index in [9.17, 15) is 13.6 Å². The Morgan fingerprint density at radius 3 is 2.94 bits per heavy atom. The van der Waals surface area contributed by atoms with Crippen LogP contribution in [0.4, 0.5) is 8.78 Å². The Hall–Kier alpha value is -1.12. The summed E-state index contributed by atoms with van der Waals surface area (Å²) in [4.78, 5) is 16.2. The molecule has 0 spiro atoms. The van der Waals surface area contributed by atoms with Crippen molar-refractivity contribution in [3.63, 3.8) is 0 Å². The van der Waals surface area contributed by atoms with Crippen LogP contribution in [0, 0.1) is 0 Å². The fourth-order valence-corrected chi connectivity index (χ4v) is 1.46. The van der Waals surface area contributed by atoms with E-state index in [0.29, 0.717) is 24.1 Å². The molecule has 0 fully saturated rings. The molecule has 0 aliphatic heterocycles. The molecular formula is C10H13F2NO4S. The van der Waals surface area contributed by atoms with Crippen molar-refractivity contribution >= 4 is 17.7 Å². The van der Waals surface area contributed by atoms with Crippen molar-refractivity contribution in [2.45, 2.75) is 11.5 Å². The monoisotopic (exact) mass is 281 g/mol. The molecule has 1 N–H and O–H groups in total. The zero-order valence-electron chi connectivity index (χ0n) is 9.65. The average molecular weight is 281 g/mol. The number of methoxy groups -OCH3 is 1. The van der Waals surface area contributed by atoms with Gasteiger partial charge < -0.3 is 9.15 Å². The van der Waals surface area contributed by atoms with E-state index < -0.39 is 11.7 Å². The number of nitrogens with one attached hydrogen (secondary N) is 1. The molecule has 1 aromatic heterocycles. The molecule has 1 rings (SSSR count). The van der Waals surface area contributed by atoms with Gasteiger partial charge >= 0.3 is 5.91 Å². The maximum absolute atomic E-state index is 11.9. The Labute approximate surface area is 107 Å². The van der Waals surface area contributed by atoms with Gasteiger partial charge in [-0.15, -0.1) is 0 Å². The molecule has 8 heteroatoms. The second-order valence-electron chi connectivity index (χ2n) is 3.11. The maximum Gasteiger partial charge on any atom is 0.310 e. The highest BCUT2D eigenvalue weighted by Crippen LogP contribution is 2.21. The summed E-state index contributed by atoms with van der Waals surface area (Å²) >= 11 is 0.427. The second-order valence-corrected chi connectivity index (χ2v) is 4.09. The third kappa shape index (κ3) is 5.48. The fourth-order valence-electron chi connectivity index (χ4n) is 1.01. The summed E-state index contributed by atoms with van der Waals surface area (Å²) in [5, 5.41) is 0. The molecule has 0 aliphatic carbocycles. The van der Waals surface area contributed by atoms with E-state index in [1.807, 2.05) is 0 Å². The van der Waals surface area contributed by atoms with Gasteiger partial charge in [-0.1, -0.05) is 11.8 Å². The molecule has 0 atom stereocenters. The number of halogens is 2. The van der Waals surface area contributed by atoms with Crippen LogP contribution in [-0.4, -0.2) is 32.0 Å². The third-order valence-electron chi connectivity index (χ3n) is 1.79. The number of hydroxylamine groups is 1. The van der Waals surface area contributed by atoms with Crippen molar-refractivity contribution in [3.8, 4) is 0 Å². The predicted molar refractivity (Wildman–Crippen MR) is 61.3 cm³/mol. The first-order chi connectivity index (χ1) is 8.63. The quantitative estimate of drug-likeness (QED) is 0.583. The minimum Gasteiger partial charge on any atom is -0.455 e. The van der Waals surface area contributed by atoms with Crippen molar-refractivity contribution in [1.82, 2.24) is 5.48 Å². The first-order valence-electron chi connectivity index (χ1n) is 5.03. The van der Waals surface area contributed by atoms with Gasteiger partial charge in [-0.05, 0) is 12.1 Å². The largest absolute Gasteiger partial charge is 0.455 e. The summed E-state index contributed by atoms with van der Waals surface area (Å²) in [6.07, 6.45) is 0. The zero-order valence-corrected chi connectivity index (χ0v) is 10.5. The first-order valence-corrected chi connectivity index (χ1v) is 6.08. The van der Waals surface area contributed by atoms with E-state index in [2.05, 4.69) is 5.48 Å². The molecule has 1 heterocycles. The standard InChI is InChI=1S/C10H13F2NO4S/c1-15-4-5-16-13-9(14)8-3-2-7(17-8)6-18-10(11)12/h2-3,10H,4-6H2,1H3,(H,13,14). The van der Waals surface area contributed by atoms with Crippen LogP contribution in [0.1, 0.15) is 16.3 Å². The minimum atomic E-state index is -2.47. The Bertz CT molecular complexity index is 373. The number of ether oxygens (including phenoxy) is 1. The number of carbonyl (C=O) groups excluding carboxylic acids is 1. The van der Waals surface area contributed by atoms with Gasteiger partial charge in [0.25, 0.3) is 5.76 Å². The number of furan rings is 1. The molecule has 0 aliphatic rings. The van der Waals surface area contributed by atoms with Gasteiger partial charge in [-0.3, -0.25) is 9.63 Å². The smallest absolute Gasteiger partial charge is 0.310 e. The van der Waals surface area contributed by atoms with Crippen LogP contribution in [0.3, 0.4) is 0 Å². The number of amides is 1. The van der Waals surface area contributed by atoms with Gasteiger partial charge in [-0.25, -0.2) is 5.48 Å². The van der Waals surface area contributed by atoms with Crippen LogP contribution in [0.5, 0.6) is 0 Å². The highest BCUT2D eigenvalue weighted by Gasteiger charge is 2.12. The molecule has 0 saturated heterocycles. The Balaban J connectivity index is 2.34. The van der Waals surface area contributed by atoms with Crippen LogP contribution in [0.2, 0.25) is 0 Å². The number of carbonyl (C=O) groups is 1. The molecule has 1 amide bonds. The van der Waals surface area contributed by atoms with E-state index in [0.717, 1.165) is 0 Å². The average Bonchev–Trinajstić information content (AvgIpc) is 2.80. The van der Waals surface area contributed by atoms with Crippen molar-refractivity contribution in [1.29, 1.82) is 0 Å². The highest BCUT2D eigenvalue weighted by atomic mass is 32.2. The summed E-state index contributed by atoms with van der Waals surface area (Å²) in [6, 6.07) is 2.87. The molecular weight excluding hydrogens is 268 g/mol. The SMILES string of the molecule is COCCONC(=O)c1ccc(CSC(F)F)o1. The number of alkyl halides is 2. The van der Waals surface area contributed by atoms with Crippen molar-refractivity contribution in [3.05, 3.63) is 23.7 Å². The van der Waals surface area contributed by atoms with E-state index in [-0.39, 0.29) is 18.1 Å². The zero-order chi connectivity index (χ0) is 13.4. The van der Waals surface area contributed by atoms with Crippen LogP contribution < -0.4 is 5.48 Å². The van der Waals surface area contributed by atoms with E-state index >= 15 is 0 Å². The molecule has 18 heavy (non-hydrogen) atoms. The van der Waals surface area contributed by atoms with Gasteiger partial charge in [0.1, 0.15) is 5.76 Å². The van der Waals surface area contributed by atoms with Gasteiger partial charge in [0.05, 0.1) is 19.0 Å². The van der Waals surface area contributed by atoms with Crippen LogP contribution in [0.15, 0.2) is 16.5 Å². The molecule has 102 valence electrons. The van der Waals surface area contributed by atoms with Gasteiger partial charge in [0.15, 0.2) is 5.76 Å². The maximum atomic E-state index is 11.9. The molecule has 0 radical (unpaired) electrons. The number of thioether (sulfide) groups is 1. The lowest BCUT2D eigenvalue weighted by atomic mass is 10.4. The molecule has 0 bridgehead atoms. The Morgan fingerprint density at radius 2 is 2.28 bits per heavy atom. The van der Waals surface area contributed by atoms with Gasteiger partial charge in [0, 0.05) is 7.11 Å². The van der Waals surface area contributed by atoms with Gasteiger partial charge in [-0.2, -0.15) is 8.78 Å². The van der Waals surface area contributed by atoms with Crippen molar-refractivity contribution in [2.75, 3.05) is 20.3 Å². The predicted octanol–water partition coefficient (Wildman–Crippen LogP) is 2.04. The third-order valence-corrected chi connectivity index (χ3v) is 2.49. The molecule has 1 aromatic rings. The molecule has 0 unspecified atom stereocenters. The summed E-state index contributed by atoms with van der Waals surface area (Å²) in [5.74, 6) is -2.71. The minimum absolute atomic E-state index is 0.00940. The number of hydrogen-bond acceptors (Lipinski definition) is 5. The van der Waals surface area contributed by atoms with E-state index in [1.165, 1.54) is 19.2 Å². The Kier molecular flexibility index (Phi) is 6.69. The second kappa shape index (κ2) is 8.06. The lowest BCUT2D eigenvalue weighted by Gasteiger charge is -2.03. The van der Waals surface area contributed by atoms with Crippen LogP contribution in [-0.2, 0) is 15.3 Å². The highest BCUT2D eigenvalue weighted by molar-refractivity contribution is 7.98. The summed E-state index contributed by atoms with van der Waals surface area (Å²) in [6.45, 7) is 0.547. The number of rotatable bonds is 8. The van der Waals surface area contributed by atoms with E-state index in [4.69, 9.17) is 14.0 Å². The summed E-state index contributed by atoms with van der Waals surface area (Å²) in [7, 11) is 1.50. The normalized spacial score (nSPS) is 10.9. The fraction of sp³-hybridized carbons (Fsp3) is 0.500. The van der Waals surface area contributed by atoms with E-state index in [1.54, 1.807) is 0 Å². The molecule has 0 aromatic carbocycles. The molecule has 0 saturated carbocycles. The number of hydrogen-bond donors (Lipinski definition) is 1. The van der Waals surface area contributed by atoms with Crippen LogP contribution in [0.25, 0.3) is 0 Å². The topological polar surface area (TPSA) is 60.7 Å². The first kappa shape index (κ1) is 14.9. The van der Waals surface area contributed by atoms with Crippen LogP contribution >= 0.6 is 11.8 Å². The Morgan fingerprint density at radius 1 is 1.50 bits per heavy atom. The lowest BCUT2D eigenvalue weighted by molar-refractivity contribution is 0.00726. The van der Waals surface area contributed by atoms with Crippen molar-refractivity contribution in [2.24, 2.45) is 0 Å².